The summed E-state index contributed by atoms with van der Waals surface area (Å²) >= 11 is 0. The topological polar surface area (TPSA) is 89.4 Å². The summed E-state index contributed by atoms with van der Waals surface area (Å²) in [4.78, 5) is 9.60. The average Bonchev–Trinajstić information content (AvgIpc) is 2.20. The SMILES string of the molecule is N[C@H](CO)c1cc(F)c(F)cc1[N+](=O)[O-]. The zero-order chi connectivity index (χ0) is 11.6. The molecule has 0 saturated carbocycles. The van der Waals surface area contributed by atoms with Crippen molar-refractivity contribution in [2.24, 2.45) is 5.73 Å². The van der Waals surface area contributed by atoms with Crippen molar-refractivity contribution in [2.75, 3.05) is 6.61 Å². The Morgan fingerprint density at radius 2 is 2.00 bits per heavy atom. The van der Waals surface area contributed by atoms with Crippen LogP contribution in [0.15, 0.2) is 12.1 Å². The third-order valence-electron chi connectivity index (χ3n) is 1.86. The zero-order valence-electron chi connectivity index (χ0n) is 7.48. The quantitative estimate of drug-likeness (QED) is 0.581. The van der Waals surface area contributed by atoms with Gasteiger partial charge in [0.15, 0.2) is 11.6 Å². The largest absolute Gasteiger partial charge is 0.394 e. The second kappa shape index (κ2) is 4.28. The third kappa shape index (κ3) is 2.25. The molecule has 3 N–H and O–H groups in total. The minimum absolute atomic E-state index is 0.235. The number of hydrogen-bond acceptors (Lipinski definition) is 4. The van der Waals surface area contributed by atoms with Crippen molar-refractivity contribution in [2.45, 2.75) is 6.04 Å². The molecule has 0 spiro atoms. The van der Waals surface area contributed by atoms with Crippen molar-refractivity contribution in [1.29, 1.82) is 0 Å². The van der Waals surface area contributed by atoms with Gasteiger partial charge >= 0.3 is 0 Å². The summed E-state index contributed by atoms with van der Waals surface area (Å²) in [5, 5.41) is 19.2. The summed E-state index contributed by atoms with van der Waals surface area (Å²) in [5.74, 6) is -2.56. The van der Waals surface area contributed by atoms with E-state index in [0.29, 0.717) is 12.1 Å². The van der Waals surface area contributed by atoms with Crippen LogP contribution in [0.1, 0.15) is 11.6 Å². The van der Waals surface area contributed by atoms with Gasteiger partial charge < -0.3 is 10.8 Å². The second-order valence-corrected chi connectivity index (χ2v) is 2.87. The average molecular weight is 218 g/mol. The molecule has 0 unspecified atom stereocenters. The molecule has 1 aromatic rings. The van der Waals surface area contributed by atoms with Crippen LogP contribution < -0.4 is 5.73 Å². The normalized spacial score (nSPS) is 12.5. The molecular weight excluding hydrogens is 210 g/mol. The number of rotatable bonds is 3. The maximum atomic E-state index is 12.8. The Morgan fingerprint density at radius 1 is 1.47 bits per heavy atom. The monoisotopic (exact) mass is 218 g/mol. The highest BCUT2D eigenvalue weighted by atomic mass is 19.2. The molecule has 82 valence electrons. The number of nitrogens with two attached hydrogens (primary N) is 1. The summed E-state index contributed by atoms with van der Waals surface area (Å²) in [6.45, 7) is -0.591. The van der Waals surface area contributed by atoms with Gasteiger partial charge in [0.2, 0.25) is 0 Å². The molecule has 0 amide bonds. The minimum atomic E-state index is -1.32. The Bertz CT molecular complexity index is 398. The summed E-state index contributed by atoms with van der Waals surface area (Å²) in [6, 6.07) is -0.0466. The lowest BCUT2D eigenvalue weighted by Gasteiger charge is -2.09. The van der Waals surface area contributed by atoms with Crippen LogP contribution in [0.5, 0.6) is 0 Å². The predicted molar refractivity (Wildman–Crippen MR) is 47.0 cm³/mol. The van der Waals surface area contributed by atoms with Gasteiger partial charge in [-0.25, -0.2) is 8.78 Å². The molecule has 0 aliphatic rings. The lowest BCUT2D eigenvalue weighted by Crippen LogP contribution is -2.16. The summed E-state index contributed by atoms with van der Waals surface area (Å²) in [6.07, 6.45) is 0. The zero-order valence-corrected chi connectivity index (χ0v) is 7.48. The molecule has 0 heterocycles. The first-order valence-corrected chi connectivity index (χ1v) is 3.97. The number of nitro groups is 1. The molecular formula is C8H8F2N2O3. The van der Waals surface area contributed by atoms with E-state index in [2.05, 4.69) is 0 Å². The van der Waals surface area contributed by atoms with Crippen LogP contribution in [0, 0.1) is 21.7 Å². The van der Waals surface area contributed by atoms with E-state index in [1.807, 2.05) is 0 Å². The fourth-order valence-electron chi connectivity index (χ4n) is 1.11. The first-order chi connectivity index (χ1) is 6.97. The van der Waals surface area contributed by atoms with Crippen LogP contribution in [0.3, 0.4) is 0 Å². The van der Waals surface area contributed by atoms with Gasteiger partial charge in [-0.15, -0.1) is 0 Å². The van der Waals surface area contributed by atoms with E-state index < -0.39 is 34.9 Å². The van der Waals surface area contributed by atoms with Crippen molar-refractivity contribution in [3.05, 3.63) is 39.4 Å². The molecule has 0 radical (unpaired) electrons. The smallest absolute Gasteiger partial charge is 0.277 e. The van der Waals surface area contributed by atoms with Crippen molar-refractivity contribution in [3.63, 3.8) is 0 Å². The van der Waals surface area contributed by atoms with Gasteiger partial charge in [-0.3, -0.25) is 10.1 Å². The van der Waals surface area contributed by atoms with Gasteiger partial charge in [-0.2, -0.15) is 0 Å². The van der Waals surface area contributed by atoms with Crippen LogP contribution in [0.25, 0.3) is 0 Å². The number of aliphatic hydroxyl groups excluding tert-OH is 1. The summed E-state index contributed by atoms with van der Waals surface area (Å²) < 4.78 is 25.5. The van der Waals surface area contributed by atoms with Gasteiger partial charge in [-0.05, 0) is 6.07 Å². The van der Waals surface area contributed by atoms with Crippen LogP contribution >= 0.6 is 0 Å². The van der Waals surface area contributed by atoms with Gasteiger partial charge in [-0.1, -0.05) is 0 Å². The number of aliphatic hydroxyl groups is 1. The maximum Gasteiger partial charge on any atom is 0.277 e. The third-order valence-corrected chi connectivity index (χ3v) is 1.86. The first kappa shape index (κ1) is 11.5. The molecule has 7 heteroatoms. The fourth-order valence-corrected chi connectivity index (χ4v) is 1.11. The van der Waals surface area contributed by atoms with Crippen LogP contribution in [0.2, 0.25) is 0 Å². The molecule has 1 aromatic carbocycles. The van der Waals surface area contributed by atoms with Gasteiger partial charge in [0.05, 0.1) is 29.2 Å². The number of nitro benzene ring substituents is 1. The standard InChI is InChI=1S/C8H8F2N2O3/c9-5-1-4(7(11)3-13)8(12(14)15)2-6(5)10/h1-2,7,13H,3,11H2/t7-/m1/s1. The Morgan fingerprint density at radius 3 is 2.47 bits per heavy atom. The molecule has 1 atom stereocenters. The van der Waals surface area contributed by atoms with Gasteiger partial charge in [0.1, 0.15) is 0 Å². The number of nitrogens with zero attached hydrogens (tertiary/aromatic N) is 1. The lowest BCUT2D eigenvalue weighted by atomic mass is 10.1. The summed E-state index contributed by atoms with van der Waals surface area (Å²) in [7, 11) is 0. The molecule has 0 fully saturated rings. The van der Waals surface area contributed by atoms with E-state index >= 15 is 0 Å². The van der Waals surface area contributed by atoms with Crippen molar-refractivity contribution >= 4 is 5.69 Å². The predicted octanol–water partition coefficient (Wildman–Crippen LogP) is 0.865. The van der Waals surface area contributed by atoms with Gasteiger partial charge in [0.25, 0.3) is 5.69 Å². The Kier molecular flexibility index (Phi) is 3.28. The van der Waals surface area contributed by atoms with E-state index in [4.69, 9.17) is 10.8 Å². The molecule has 0 aliphatic heterocycles. The first-order valence-electron chi connectivity index (χ1n) is 3.97. The van der Waals surface area contributed by atoms with Crippen molar-refractivity contribution < 1.29 is 18.8 Å². The Labute approximate surface area is 83.3 Å². The highest BCUT2D eigenvalue weighted by Crippen LogP contribution is 2.26. The molecule has 0 saturated heterocycles. The van der Waals surface area contributed by atoms with Crippen LogP contribution in [-0.4, -0.2) is 16.6 Å². The number of benzene rings is 1. The molecule has 1 rings (SSSR count). The molecule has 5 nitrogen and oxygen atoms in total. The molecule has 0 aromatic heterocycles. The molecule has 0 bridgehead atoms. The second-order valence-electron chi connectivity index (χ2n) is 2.87. The van der Waals surface area contributed by atoms with E-state index in [9.17, 15) is 18.9 Å². The molecule has 0 aliphatic carbocycles. The van der Waals surface area contributed by atoms with E-state index in [-0.39, 0.29) is 5.56 Å². The highest BCUT2D eigenvalue weighted by Gasteiger charge is 2.22. The van der Waals surface area contributed by atoms with E-state index in [0.717, 1.165) is 0 Å². The van der Waals surface area contributed by atoms with Crippen LogP contribution in [0.4, 0.5) is 14.5 Å². The lowest BCUT2D eigenvalue weighted by molar-refractivity contribution is -0.386. The highest BCUT2D eigenvalue weighted by molar-refractivity contribution is 5.43. The van der Waals surface area contributed by atoms with E-state index in [1.54, 1.807) is 0 Å². The van der Waals surface area contributed by atoms with Crippen molar-refractivity contribution in [1.82, 2.24) is 0 Å². The summed E-state index contributed by atoms with van der Waals surface area (Å²) in [5.41, 5.74) is 4.43. The fraction of sp³-hybridized carbons (Fsp3) is 0.250. The number of hydrogen-bond donors (Lipinski definition) is 2. The number of halogens is 2. The Hall–Kier alpha value is -1.60. The van der Waals surface area contributed by atoms with Crippen molar-refractivity contribution in [3.8, 4) is 0 Å². The van der Waals surface area contributed by atoms with Gasteiger partial charge in [0, 0.05) is 0 Å². The Balaban J connectivity index is 3.34. The minimum Gasteiger partial charge on any atom is -0.394 e. The van der Waals surface area contributed by atoms with E-state index in [1.165, 1.54) is 0 Å². The maximum absolute atomic E-state index is 12.8. The van der Waals surface area contributed by atoms with Crippen LogP contribution in [-0.2, 0) is 0 Å². The molecule has 15 heavy (non-hydrogen) atoms.